The van der Waals surface area contributed by atoms with Gasteiger partial charge in [-0.25, -0.2) is 4.98 Å². The van der Waals surface area contributed by atoms with E-state index in [-0.39, 0.29) is 11.9 Å². The maximum absolute atomic E-state index is 11.4. The van der Waals surface area contributed by atoms with E-state index in [1.165, 1.54) is 0 Å². The van der Waals surface area contributed by atoms with Gasteiger partial charge >= 0.3 is 0 Å². The van der Waals surface area contributed by atoms with Crippen LogP contribution in [0, 0.1) is 11.3 Å². The van der Waals surface area contributed by atoms with Gasteiger partial charge in [-0.15, -0.1) is 0 Å². The Morgan fingerprint density at radius 3 is 3.16 bits per heavy atom. The summed E-state index contributed by atoms with van der Waals surface area (Å²) in [6.45, 7) is 2.53. The first-order valence-electron chi connectivity index (χ1n) is 6.28. The highest BCUT2D eigenvalue weighted by Crippen LogP contribution is 2.19. The highest BCUT2D eigenvalue weighted by Gasteiger charge is 2.22. The molecule has 1 amide bonds. The number of carbonyl (C=O) groups excluding carboxylic acids is 1. The van der Waals surface area contributed by atoms with Crippen molar-refractivity contribution in [3.63, 3.8) is 0 Å². The van der Waals surface area contributed by atoms with Crippen molar-refractivity contribution in [3.8, 4) is 6.07 Å². The van der Waals surface area contributed by atoms with Crippen LogP contribution < -0.4 is 15.5 Å². The summed E-state index contributed by atoms with van der Waals surface area (Å²) in [5, 5.41) is 14.7. The molecular weight excluding hydrogens is 242 g/mol. The van der Waals surface area contributed by atoms with Gasteiger partial charge in [0.1, 0.15) is 5.69 Å². The number of hydrogen-bond acceptors (Lipinski definition) is 5. The monoisotopic (exact) mass is 259 g/mol. The third-order valence-corrected chi connectivity index (χ3v) is 3.22. The van der Waals surface area contributed by atoms with E-state index in [4.69, 9.17) is 5.26 Å². The second kappa shape index (κ2) is 6.16. The van der Waals surface area contributed by atoms with Crippen LogP contribution in [0.1, 0.15) is 16.9 Å². The van der Waals surface area contributed by atoms with Crippen molar-refractivity contribution < 1.29 is 4.79 Å². The van der Waals surface area contributed by atoms with Crippen LogP contribution >= 0.6 is 0 Å². The van der Waals surface area contributed by atoms with E-state index in [0.29, 0.717) is 12.1 Å². The van der Waals surface area contributed by atoms with Crippen molar-refractivity contribution in [1.29, 1.82) is 5.26 Å². The smallest absolute Gasteiger partial charge is 0.269 e. The molecule has 0 aliphatic carbocycles. The van der Waals surface area contributed by atoms with Crippen LogP contribution in [0.4, 0.5) is 5.69 Å². The fourth-order valence-electron chi connectivity index (χ4n) is 2.21. The summed E-state index contributed by atoms with van der Waals surface area (Å²) in [4.78, 5) is 17.8. The molecule has 2 N–H and O–H groups in total. The molecule has 1 unspecified atom stereocenters. The number of piperazine rings is 1. The zero-order valence-electron chi connectivity index (χ0n) is 10.9. The van der Waals surface area contributed by atoms with E-state index in [1.54, 1.807) is 19.3 Å². The summed E-state index contributed by atoms with van der Waals surface area (Å²) in [6, 6.07) is 5.96. The van der Waals surface area contributed by atoms with Crippen molar-refractivity contribution in [2.24, 2.45) is 0 Å². The Morgan fingerprint density at radius 1 is 1.68 bits per heavy atom. The van der Waals surface area contributed by atoms with Crippen molar-refractivity contribution in [3.05, 3.63) is 24.0 Å². The molecule has 0 aromatic carbocycles. The maximum atomic E-state index is 11.4. The van der Waals surface area contributed by atoms with E-state index in [1.807, 2.05) is 6.07 Å². The van der Waals surface area contributed by atoms with Gasteiger partial charge in [0.15, 0.2) is 0 Å². The first kappa shape index (κ1) is 13.3. The second-order valence-electron chi connectivity index (χ2n) is 4.39. The average molecular weight is 259 g/mol. The van der Waals surface area contributed by atoms with Crippen molar-refractivity contribution in [2.75, 3.05) is 31.6 Å². The molecule has 6 heteroatoms. The standard InChI is InChI=1S/C13H17N5O/c1-15-13(19)12-3-2-10(9-17-12)18-7-6-16-8-11(18)4-5-14/h2-3,9,11,16H,4,6-8H2,1H3,(H,15,19). The van der Waals surface area contributed by atoms with E-state index in [2.05, 4.69) is 26.6 Å². The molecule has 2 rings (SSSR count). The lowest BCUT2D eigenvalue weighted by Crippen LogP contribution is -2.51. The lowest BCUT2D eigenvalue weighted by atomic mass is 10.1. The number of nitrogens with one attached hydrogen (secondary N) is 2. The molecule has 100 valence electrons. The van der Waals surface area contributed by atoms with Gasteiger partial charge in [0.2, 0.25) is 0 Å². The molecular formula is C13H17N5O. The summed E-state index contributed by atoms with van der Waals surface area (Å²) in [5.41, 5.74) is 1.35. The average Bonchev–Trinajstić information content (AvgIpc) is 2.47. The number of hydrogen-bond donors (Lipinski definition) is 2. The van der Waals surface area contributed by atoms with Crippen LogP contribution in [0.2, 0.25) is 0 Å². The number of nitrogens with zero attached hydrogens (tertiary/aromatic N) is 3. The Hall–Kier alpha value is -2.13. The molecule has 1 saturated heterocycles. The van der Waals surface area contributed by atoms with Crippen LogP contribution in [0.5, 0.6) is 0 Å². The van der Waals surface area contributed by atoms with Gasteiger partial charge in [0, 0.05) is 26.7 Å². The quantitative estimate of drug-likeness (QED) is 0.806. The molecule has 1 aromatic heterocycles. The van der Waals surface area contributed by atoms with Crippen LogP contribution in [-0.4, -0.2) is 43.6 Å². The number of anilines is 1. The number of amides is 1. The SMILES string of the molecule is CNC(=O)c1ccc(N2CCNCC2CC#N)cn1. The minimum atomic E-state index is -0.194. The molecule has 0 saturated carbocycles. The normalized spacial score (nSPS) is 18.7. The van der Waals surface area contributed by atoms with Crippen molar-refractivity contribution in [1.82, 2.24) is 15.6 Å². The fourth-order valence-corrected chi connectivity index (χ4v) is 2.21. The predicted molar refractivity (Wildman–Crippen MR) is 71.9 cm³/mol. The lowest BCUT2D eigenvalue weighted by molar-refractivity contribution is 0.0958. The fraction of sp³-hybridized carbons (Fsp3) is 0.462. The Bertz CT molecular complexity index is 479. The zero-order chi connectivity index (χ0) is 13.7. The molecule has 1 aliphatic rings. The minimum Gasteiger partial charge on any atom is -0.364 e. The molecule has 1 fully saturated rings. The van der Waals surface area contributed by atoms with Gasteiger partial charge in [0.05, 0.1) is 30.4 Å². The molecule has 1 aromatic rings. The minimum absolute atomic E-state index is 0.159. The van der Waals surface area contributed by atoms with Gasteiger partial charge in [-0.2, -0.15) is 5.26 Å². The van der Waals surface area contributed by atoms with Crippen LogP contribution in [0.25, 0.3) is 0 Å². The molecule has 6 nitrogen and oxygen atoms in total. The summed E-state index contributed by atoms with van der Waals surface area (Å²) < 4.78 is 0. The molecule has 0 radical (unpaired) electrons. The first-order valence-corrected chi connectivity index (χ1v) is 6.28. The summed E-state index contributed by atoms with van der Waals surface area (Å²) >= 11 is 0. The Kier molecular flexibility index (Phi) is 4.31. The van der Waals surface area contributed by atoms with Crippen LogP contribution in [-0.2, 0) is 0 Å². The predicted octanol–water partition coefficient (Wildman–Crippen LogP) is 0.133. The highest BCUT2D eigenvalue weighted by atomic mass is 16.1. The largest absolute Gasteiger partial charge is 0.364 e. The van der Waals surface area contributed by atoms with E-state index in [9.17, 15) is 4.79 Å². The van der Waals surface area contributed by atoms with Crippen LogP contribution in [0.15, 0.2) is 18.3 Å². The Labute approximate surface area is 112 Å². The number of rotatable bonds is 3. The Morgan fingerprint density at radius 2 is 2.53 bits per heavy atom. The third-order valence-electron chi connectivity index (χ3n) is 3.22. The van der Waals surface area contributed by atoms with E-state index < -0.39 is 0 Å². The number of pyridine rings is 1. The van der Waals surface area contributed by atoms with E-state index in [0.717, 1.165) is 25.3 Å². The molecule has 0 spiro atoms. The maximum Gasteiger partial charge on any atom is 0.269 e. The van der Waals surface area contributed by atoms with Gasteiger partial charge in [-0.1, -0.05) is 0 Å². The highest BCUT2D eigenvalue weighted by molar-refractivity contribution is 5.92. The molecule has 0 bridgehead atoms. The van der Waals surface area contributed by atoms with E-state index >= 15 is 0 Å². The van der Waals surface area contributed by atoms with Gasteiger partial charge in [-0.3, -0.25) is 4.79 Å². The molecule has 1 aliphatic heterocycles. The summed E-state index contributed by atoms with van der Waals surface area (Å²) in [6.07, 6.45) is 2.17. The number of aromatic nitrogens is 1. The summed E-state index contributed by atoms with van der Waals surface area (Å²) in [7, 11) is 1.58. The van der Waals surface area contributed by atoms with Crippen molar-refractivity contribution in [2.45, 2.75) is 12.5 Å². The topological polar surface area (TPSA) is 81.0 Å². The van der Waals surface area contributed by atoms with Gasteiger partial charge in [0.25, 0.3) is 5.91 Å². The molecule has 1 atom stereocenters. The van der Waals surface area contributed by atoms with Gasteiger partial charge in [-0.05, 0) is 12.1 Å². The lowest BCUT2D eigenvalue weighted by Gasteiger charge is -2.36. The van der Waals surface area contributed by atoms with Gasteiger partial charge < -0.3 is 15.5 Å². The number of carbonyl (C=O) groups is 1. The zero-order valence-corrected chi connectivity index (χ0v) is 10.9. The number of nitriles is 1. The molecule has 2 heterocycles. The molecule has 19 heavy (non-hydrogen) atoms. The third kappa shape index (κ3) is 3.01. The van der Waals surface area contributed by atoms with Crippen LogP contribution in [0.3, 0.4) is 0 Å². The second-order valence-corrected chi connectivity index (χ2v) is 4.39. The van der Waals surface area contributed by atoms with Crippen molar-refractivity contribution >= 4 is 11.6 Å². The first-order chi connectivity index (χ1) is 9.26. The summed E-state index contributed by atoms with van der Waals surface area (Å²) in [5.74, 6) is -0.194. The Balaban J connectivity index is 2.16.